The van der Waals surface area contributed by atoms with Gasteiger partial charge in [-0.15, -0.1) is 10.2 Å². The molecular formula is C16H17BrN4O2S. The van der Waals surface area contributed by atoms with Crippen LogP contribution in [0.15, 0.2) is 28.7 Å². The fourth-order valence-corrected chi connectivity index (χ4v) is 3.83. The third-order valence-corrected chi connectivity index (χ3v) is 5.17. The van der Waals surface area contributed by atoms with Crippen molar-refractivity contribution >= 4 is 49.9 Å². The number of aryl methyl sites for hydroxylation is 1. The molecule has 0 spiro atoms. The van der Waals surface area contributed by atoms with Crippen LogP contribution in [0.3, 0.4) is 0 Å². The molecule has 1 aliphatic rings. The highest BCUT2D eigenvalue weighted by molar-refractivity contribution is 9.10. The van der Waals surface area contributed by atoms with Crippen molar-refractivity contribution in [1.29, 1.82) is 0 Å². The predicted molar refractivity (Wildman–Crippen MR) is 97.1 cm³/mol. The van der Waals surface area contributed by atoms with Crippen molar-refractivity contribution in [3.63, 3.8) is 0 Å². The molecule has 2 aromatic rings. The monoisotopic (exact) mass is 408 g/mol. The minimum atomic E-state index is -0.380. The highest BCUT2D eigenvalue weighted by Crippen LogP contribution is 2.28. The standard InChI is InChI=1S/C16H17BrN4O2S/c1-2-4-13-19-20-16(24-13)18-15(23)10-7-14(22)21(9-10)12-6-3-5-11(17)8-12/h3,5-6,8,10H,2,4,7,9H2,1H3,(H,18,20,23)/t10-/m0/s1. The molecule has 2 amide bonds. The van der Waals surface area contributed by atoms with E-state index in [2.05, 4.69) is 38.4 Å². The first-order chi connectivity index (χ1) is 11.6. The molecule has 0 aliphatic carbocycles. The average Bonchev–Trinajstić information content (AvgIpc) is 3.14. The fourth-order valence-electron chi connectivity index (χ4n) is 2.60. The van der Waals surface area contributed by atoms with E-state index < -0.39 is 0 Å². The zero-order valence-corrected chi connectivity index (χ0v) is 15.6. The Morgan fingerprint density at radius 1 is 1.46 bits per heavy atom. The zero-order valence-electron chi connectivity index (χ0n) is 13.2. The number of carbonyl (C=O) groups excluding carboxylic acids is 2. The lowest BCUT2D eigenvalue weighted by Gasteiger charge is -2.16. The summed E-state index contributed by atoms with van der Waals surface area (Å²) in [5.74, 6) is -0.604. The molecule has 24 heavy (non-hydrogen) atoms. The van der Waals surface area contributed by atoms with E-state index in [4.69, 9.17) is 0 Å². The molecule has 0 radical (unpaired) electrons. The van der Waals surface area contributed by atoms with Gasteiger partial charge in [0.25, 0.3) is 0 Å². The van der Waals surface area contributed by atoms with Gasteiger partial charge in [-0.2, -0.15) is 0 Å². The van der Waals surface area contributed by atoms with Crippen LogP contribution in [-0.4, -0.2) is 28.6 Å². The van der Waals surface area contributed by atoms with Crippen LogP contribution in [0.2, 0.25) is 0 Å². The van der Waals surface area contributed by atoms with Crippen molar-refractivity contribution in [1.82, 2.24) is 10.2 Å². The summed E-state index contributed by atoms with van der Waals surface area (Å²) in [4.78, 5) is 26.3. The molecule has 1 aliphatic heterocycles. The first-order valence-corrected chi connectivity index (χ1v) is 9.37. The number of aromatic nitrogens is 2. The van der Waals surface area contributed by atoms with Gasteiger partial charge < -0.3 is 10.2 Å². The van der Waals surface area contributed by atoms with Crippen LogP contribution in [0.1, 0.15) is 24.8 Å². The Balaban J connectivity index is 1.65. The number of halogens is 1. The second kappa shape index (κ2) is 7.40. The minimum absolute atomic E-state index is 0.0443. The maximum atomic E-state index is 12.4. The Labute approximate surface area is 152 Å². The van der Waals surface area contributed by atoms with E-state index >= 15 is 0 Å². The summed E-state index contributed by atoms with van der Waals surface area (Å²) in [7, 11) is 0. The fraction of sp³-hybridized carbons (Fsp3) is 0.375. The lowest BCUT2D eigenvalue weighted by molar-refractivity contribution is -0.122. The number of rotatable bonds is 5. The number of anilines is 2. The molecule has 0 saturated carbocycles. The second-order valence-electron chi connectivity index (χ2n) is 5.63. The normalized spacial score (nSPS) is 17.3. The van der Waals surface area contributed by atoms with E-state index in [1.54, 1.807) is 4.90 Å². The van der Waals surface area contributed by atoms with Crippen molar-refractivity contribution in [2.24, 2.45) is 5.92 Å². The first-order valence-electron chi connectivity index (χ1n) is 7.76. The highest BCUT2D eigenvalue weighted by Gasteiger charge is 2.35. The summed E-state index contributed by atoms with van der Waals surface area (Å²) in [6, 6.07) is 7.51. The summed E-state index contributed by atoms with van der Waals surface area (Å²) in [6.45, 7) is 2.45. The number of amides is 2. The smallest absolute Gasteiger partial charge is 0.231 e. The molecule has 1 aromatic carbocycles. The van der Waals surface area contributed by atoms with E-state index in [0.717, 1.165) is 28.0 Å². The molecule has 8 heteroatoms. The molecule has 3 rings (SSSR count). The van der Waals surface area contributed by atoms with E-state index in [0.29, 0.717) is 11.7 Å². The number of hydrogen-bond donors (Lipinski definition) is 1. The van der Waals surface area contributed by atoms with Crippen LogP contribution >= 0.6 is 27.3 Å². The van der Waals surface area contributed by atoms with E-state index in [-0.39, 0.29) is 24.2 Å². The SMILES string of the molecule is CCCc1nnc(NC(=O)[C@H]2CC(=O)N(c3cccc(Br)c3)C2)s1. The van der Waals surface area contributed by atoms with Crippen molar-refractivity contribution in [2.75, 3.05) is 16.8 Å². The summed E-state index contributed by atoms with van der Waals surface area (Å²) >= 11 is 4.79. The van der Waals surface area contributed by atoms with Crippen LogP contribution in [0.4, 0.5) is 10.8 Å². The van der Waals surface area contributed by atoms with Crippen LogP contribution < -0.4 is 10.2 Å². The Morgan fingerprint density at radius 2 is 2.29 bits per heavy atom. The highest BCUT2D eigenvalue weighted by atomic mass is 79.9. The molecule has 1 atom stereocenters. The summed E-state index contributed by atoms with van der Waals surface area (Å²) in [6.07, 6.45) is 2.05. The molecule has 1 N–H and O–H groups in total. The van der Waals surface area contributed by atoms with Gasteiger partial charge in [0.05, 0.1) is 5.92 Å². The molecule has 1 saturated heterocycles. The molecule has 0 bridgehead atoms. The molecule has 2 heterocycles. The average molecular weight is 409 g/mol. The third-order valence-electron chi connectivity index (χ3n) is 3.78. The molecule has 6 nitrogen and oxygen atoms in total. The maximum absolute atomic E-state index is 12.4. The Hall–Kier alpha value is -1.80. The van der Waals surface area contributed by atoms with Crippen LogP contribution in [0.25, 0.3) is 0 Å². The molecule has 1 aromatic heterocycles. The number of nitrogens with one attached hydrogen (secondary N) is 1. The van der Waals surface area contributed by atoms with Crippen molar-refractivity contribution < 1.29 is 9.59 Å². The molecule has 1 fully saturated rings. The Morgan fingerprint density at radius 3 is 3.04 bits per heavy atom. The van der Waals surface area contributed by atoms with Gasteiger partial charge >= 0.3 is 0 Å². The van der Waals surface area contributed by atoms with Crippen LogP contribution in [0.5, 0.6) is 0 Å². The summed E-state index contributed by atoms with van der Waals surface area (Å²) in [5.41, 5.74) is 0.797. The second-order valence-corrected chi connectivity index (χ2v) is 7.60. The maximum Gasteiger partial charge on any atom is 0.231 e. The summed E-state index contributed by atoms with van der Waals surface area (Å²) < 4.78 is 0.901. The van der Waals surface area contributed by atoms with Gasteiger partial charge in [0.2, 0.25) is 16.9 Å². The van der Waals surface area contributed by atoms with E-state index in [1.807, 2.05) is 24.3 Å². The predicted octanol–water partition coefficient (Wildman–Crippen LogP) is 3.24. The Bertz CT molecular complexity index is 764. The Kier molecular flexibility index (Phi) is 5.25. The van der Waals surface area contributed by atoms with Gasteiger partial charge in [-0.05, 0) is 24.6 Å². The number of carbonyl (C=O) groups is 2. The van der Waals surface area contributed by atoms with Gasteiger partial charge in [0.15, 0.2) is 0 Å². The van der Waals surface area contributed by atoms with Crippen LogP contribution in [0, 0.1) is 5.92 Å². The number of nitrogens with zero attached hydrogens (tertiary/aromatic N) is 3. The van der Waals surface area contributed by atoms with Gasteiger partial charge in [-0.3, -0.25) is 9.59 Å². The van der Waals surface area contributed by atoms with E-state index in [1.165, 1.54) is 11.3 Å². The van der Waals surface area contributed by atoms with Gasteiger partial charge in [-0.1, -0.05) is 40.3 Å². The lowest BCUT2D eigenvalue weighted by Crippen LogP contribution is -2.28. The number of benzene rings is 1. The number of hydrogen-bond acceptors (Lipinski definition) is 5. The molecular weight excluding hydrogens is 392 g/mol. The lowest BCUT2D eigenvalue weighted by atomic mass is 10.1. The third kappa shape index (κ3) is 3.81. The van der Waals surface area contributed by atoms with Crippen molar-refractivity contribution in [3.8, 4) is 0 Å². The summed E-state index contributed by atoms with van der Waals surface area (Å²) in [5, 5.41) is 12.2. The molecule has 0 unspecified atom stereocenters. The van der Waals surface area contributed by atoms with Gasteiger partial charge in [0.1, 0.15) is 5.01 Å². The first kappa shape index (κ1) is 17.0. The van der Waals surface area contributed by atoms with Crippen molar-refractivity contribution in [2.45, 2.75) is 26.2 Å². The van der Waals surface area contributed by atoms with Gasteiger partial charge in [0, 0.05) is 29.5 Å². The van der Waals surface area contributed by atoms with Gasteiger partial charge in [-0.25, -0.2) is 0 Å². The van der Waals surface area contributed by atoms with Crippen LogP contribution in [-0.2, 0) is 16.0 Å². The van der Waals surface area contributed by atoms with E-state index in [9.17, 15) is 9.59 Å². The molecule has 126 valence electrons. The topological polar surface area (TPSA) is 75.2 Å². The van der Waals surface area contributed by atoms with Crippen molar-refractivity contribution in [3.05, 3.63) is 33.7 Å². The minimum Gasteiger partial charge on any atom is -0.312 e. The quantitative estimate of drug-likeness (QED) is 0.823. The largest absolute Gasteiger partial charge is 0.312 e. The zero-order chi connectivity index (χ0) is 17.1.